The Morgan fingerprint density at radius 1 is 1.23 bits per heavy atom. The average Bonchev–Trinajstić information content (AvgIpc) is 3.32. The number of rotatable bonds is 6. The second-order valence-corrected chi connectivity index (χ2v) is 7.79. The lowest BCUT2D eigenvalue weighted by Crippen LogP contribution is -2.29. The van der Waals surface area contributed by atoms with Crippen molar-refractivity contribution in [2.45, 2.75) is 32.2 Å². The molecule has 3 aromatic rings. The van der Waals surface area contributed by atoms with Gasteiger partial charge < -0.3 is 15.1 Å². The van der Waals surface area contributed by atoms with Crippen LogP contribution in [0, 0.1) is 5.92 Å². The molecule has 0 bridgehead atoms. The number of hydrogen-bond acceptors (Lipinski definition) is 5. The molecular weight excluding hydrogens is 346 g/mol. The van der Waals surface area contributed by atoms with E-state index in [2.05, 4.69) is 21.7 Å². The van der Waals surface area contributed by atoms with Gasteiger partial charge in [0.25, 0.3) is 0 Å². The van der Waals surface area contributed by atoms with Crippen LogP contribution in [0.1, 0.15) is 31.4 Å². The molecule has 1 aliphatic rings. The predicted octanol–water partition coefficient (Wildman–Crippen LogP) is 3.95. The zero-order valence-corrected chi connectivity index (χ0v) is 15.5. The van der Waals surface area contributed by atoms with Crippen LogP contribution >= 0.6 is 11.3 Å². The molecule has 0 aliphatic carbocycles. The van der Waals surface area contributed by atoms with Crippen molar-refractivity contribution in [1.82, 2.24) is 15.6 Å². The minimum atomic E-state index is 0.0986. The molecule has 2 N–H and O–H groups in total. The summed E-state index contributed by atoms with van der Waals surface area (Å²) in [6, 6.07) is 11.9. The number of carbonyl (C=O) groups is 1. The van der Waals surface area contributed by atoms with Crippen molar-refractivity contribution in [3.8, 4) is 10.8 Å². The van der Waals surface area contributed by atoms with Crippen molar-refractivity contribution in [3.63, 3.8) is 0 Å². The van der Waals surface area contributed by atoms with Gasteiger partial charge in [-0.15, -0.1) is 11.3 Å². The molecule has 1 saturated heterocycles. The first-order valence-electron chi connectivity index (χ1n) is 9.20. The molecule has 26 heavy (non-hydrogen) atoms. The third kappa shape index (κ3) is 4.14. The van der Waals surface area contributed by atoms with Crippen LogP contribution in [0.4, 0.5) is 0 Å². The summed E-state index contributed by atoms with van der Waals surface area (Å²) in [7, 11) is 0. The first-order valence-corrected chi connectivity index (χ1v) is 10.0. The van der Waals surface area contributed by atoms with E-state index < -0.39 is 0 Å². The van der Waals surface area contributed by atoms with E-state index in [4.69, 9.17) is 4.42 Å². The zero-order valence-electron chi connectivity index (χ0n) is 14.7. The molecule has 0 unspecified atom stereocenters. The molecule has 0 spiro atoms. The van der Waals surface area contributed by atoms with Gasteiger partial charge in [-0.25, -0.2) is 4.98 Å². The predicted molar refractivity (Wildman–Crippen MR) is 104 cm³/mol. The highest BCUT2D eigenvalue weighted by molar-refractivity contribution is 7.21. The molecule has 0 atom stereocenters. The lowest BCUT2D eigenvalue weighted by Gasteiger charge is -2.22. The van der Waals surface area contributed by atoms with Crippen LogP contribution in [0.3, 0.4) is 0 Å². The number of hydrogen-bond donors (Lipinski definition) is 2. The van der Waals surface area contributed by atoms with Gasteiger partial charge in [-0.1, -0.05) is 12.1 Å². The monoisotopic (exact) mass is 369 g/mol. The van der Waals surface area contributed by atoms with Crippen molar-refractivity contribution < 1.29 is 9.21 Å². The van der Waals surface area contributed by atoms with E-state index in [-0.39, 0.29) is 5.91 Å². The highest BCUT2D eigenvalue weighted by atomic mass is 32.1. The van der Waals surface area contributed by atoms with Gasteiger partial charge in [0, 0.05) is 6.42 Å². The fraction of sp³-hybridized carbons (Fsp3) is 0.400. The van der Waals surface area contributed by atoms with E-state index in [1.54, 1.807) is 11.3 Å². The number of carbonyl (C=O) groups excluding carboxylic acids is 1. The summed E-state index contributed by atoms with van der Waals surface area (Å²) < 4.78 is 7.01. The summed E-state index contributed by atoms with van der Waals surface area (Å²) in [5.74, 6) is 2.29. The van der Waals surface area contributed by atoms with Crippen molar-refractivity contribution in [3.05, 3.63) is 42.2 Å². The van der Waals surface area contributed by atoms with Gasteiger partial charge in [-0.2, -0.15) is 0 Å². The summed E-state index contributed by atoms with van der Waals surface area (Å²) in [6.07, 6.45) is 3.92. The van der Waals surface area contributed by atoms with E-state index in [1.165, 1.54) is 12.8 Å². The van der Waals surface area contributed by atoms with Gasteiger partial charge in [0.15, 0.2) is 10.8 Å². The highest BCUT2D eigenvalue weighted by Gasteiger charge is 2.15. The maximum Gasteiger partial charge on any atom is 0.220 e. The number of piperidine rings is 1. The van der Waals surface area contributed by atoms with Crippen LogP contribution in [0.25, 0.3) is 21.0 Å². The number of nitrogens with zero attached hydrogens (tertiary/aromatic N) is 1. The SMILES string of the molecule is O=C(CCC1CCNCC1)NCc1ccc(-c2nc3ccccc3s2)o1. The number of aromatic nitrogens is 1. The molecule has 6 heteroatoms. The minimum Gasteiger partial charge on any atom is -0.457 e. The molecule has 1 aromatic carbocycles. The van der Waals surface area contributed by atoms with Crippen molar-refractivity contribution in [2.24, 2.45) is 5.92 Å². The number of furan rings is 1. The van der Waals surface area contributed by atoms with Crippen molar-refractivity contribution >= 4 is 27.5 Å². The maximum atomic E-state index is 12.1. The number of amides is 1. The van der Waals surface area contributed by atoms with E-state index in [0.717, 1.165) is 46.3 Å². The van der Waals surface area contributed by atoms with Crippen molar-refractivity contribution in [1.29, 1.82) is 0 Å². The molecule has 4 rings (SSSR count). The quantitative estimate of drug-likeness (QED) is 0.690. The Labute approximate surface area is 156 Å². The third-order valence-electron chi connectivity index (χ3n) is 4.86. The van der Waals surface area contributed by atoms with E-state index >= 15 is 0 Å². The Balaban J connectivity index is 1.29. The standard InChI is InChI=1S/C20H23N3O2S/c24-19(8-5-14-9-11-21-12-10-14)22-13-15-6-7-17(25-15)20-23-16-3-1-2-4-18(16)26-20/h1-4,6-7,14,21H,5,8-13H2,(H,22,24). The van der Waals surface area contributed by atoms with Gasteiger partial charge in [0.2, 0.25) is 5.91 Å². The van der Waals surface area contributed by atoms with Gasteiger partial charge in [-0.3, -0.25) is 4.79 Å². The van der Waals surface area contributed by atoms with Crippen LogP contribution in [-0.4, -0.2) is 24.0 Å². The molecule has 5 nitrogen and oxygen atoms in total. The van der Waals surface area contributed by atoms with Gasteiger partial charge in [0.1, 0.15) is 5.76 Å². The molecule has 1 aliphatic heterocycles. The third-order valence-corrected chi connectivity index (χ3v) is 5.92. The molecule has 1 fully saturated rings. The average molecular weight is 369 g/mol. The summed E-state index contributed by atoms with van der Waals surface area (Å²) in [4.78, 5) is 16.7. The van der Waals surface area contributed by atoms with E-state index in [1.807, 2.05) is 30.3 Å². The van der Waals surface area contributed by atoms with Crippen LogP contribution in [0.5, 0.6) is 0 Å². The molecule has 0 saturated carbocycles. The Morgan fingerprint density at radius 2 is 2.08 bits per heavy atom. The first-order chi connectivity index (χ1) is 12.8. The number of benzene rings is 1. The summed E-state index contributed by atoms with van der Waals surface area (Å²) >= 11 is 1.61. The normalized spacial score (nSPS) is 15.4. The number of para-hydroxylation sites is 1. The Hall–Kier alpha value is -2.18. The maximum absolute atomic E-state index is 12.1. The fourth-order valence-corrected chi connectivity index (χ4v) is 4.27. The van der Waals surface area contributed by atoms with Crippen molar-refractivity contribution in [2.75, 3.05) is 13.1 Å². The summed E-state index contributed by atoms with van der Waals surface area (Å²) in [6.45, 7) is 2.58. The lowest BCUT2D eigenvalue weighted by atomic mass is 9.93. The molecule has 1 amide bonds. The van der Waals surface area contributed by atoms with Crippen LogP contribution in [0.15, 0.2) is 40.8 Å². The van der Waals surface area contributed by atoms with Gasteiger partial charge in [-0.05, 0) is 62.5 Å². The van der Waals surface area contributed by atoms with Gasteiger partial charge >= 0.3 is 0 Å². The van der Waals surface area contributed by atoms with Crippen LogP contribution < -0.4 is 10.6 Å². The number of fused-ring (bicyclic) bond motifs is 1. The first kappa shape index (κ1) is 17.2. The Bertz CT molecular complexity index is 847. The second kappa shape index (κ2) is 8.01. The smallest absolute Gasteiger partial charge is 0.220 e. The molecule has 3 heterocycles. The summed E-state index contributed by atoms with van der Waals surface area (Å²) in [5, 5.41) is 7.19. The van der Waals surface area contributed by atoms with Gasteiger partial charge in [0.05, 0.1) is 16.8 Å². The lowest BCUT2D eigenvalue weighted by molar-refractivity contribution is -0.121. The Kier molecular flexibility index (Phi) is 5.32. The van der Waals surface area contributed by atoms with E-state index in [0.29, 0.717) is 18.9 Å². The summed E-state index contributed by atoms with van der Waals surface area (Å²) in [5.41, 5.74) is 0.983. The fourth-order valence-electron chi connectivity index (χ4n) is 3.35. The largest absolute Gasteiger partial charge is 0.457 e. The van der Waals surface area contributed by atoms with Crippen LogP contribution in [-0.2, 0) is 11.3 Å². The topological polar surface area (TPSA) is 67.2 Å². The zero-order chi connectivity index (χ0) is 17.8. The molecular formula is C20H23N3O2S. The number of nitrogens with one attached hydrogen (secondary N) is 2. The second-order valence-electron chi connectivity index (χ2n) is 6.76. The molecule has 2 aromatic heterocycles. The Morgan fingerprint density at radius 3 is 2.92 bits per heavy atom. The highest BCUT2D eigenvalue weighted by Crippen LogP contribution is 2.31. The molecule has 0 radical (unpaired) electrons. The van der Waals surface area contributed by atoms with E-state index in [9.17, 15) is 4.79 Å². The van der Waals surface area contributed by atoms with Crippen LogP contribution in [0.2, 0.25) is 0 Å². The number of thiazole rings is 1. The molecule has 136 valence electrons. The minimum absolute atomic E-state index is 0.0986.